The van der Waals surface area contributed by atoms with Gasteiger partial charge in [0.25, 0.3) is 0 Å². The average molecular weight is 799 g/mol. The summed E-state index contributed by atoms with van der Waals surface area (Å²) in [6.45, 7) is 6.76. The molecule has 0 aliphatic heterocycles. The SMILES string of the molecule is C[C@H]1CC(c2ccc(C#N)c3nccnc23)C[C@@H](N)C1.C[C@H]1C[C@@H](N)C[C@@H](c2ccc(C#N)c3nccnc23)C1.C[C@H]1C[C@@H](N)C[C@@H](c2ccc(C#N)c3nccnc23)C1. The quantitative estimate of drug-likeness (QED) is 0.154. The fraction of sp³-hybridized carbons (Fsp3) is 0.438. The zero-order valence-corrected chi connectivity index (χ0v) is 34.7. The van der Waals surface area contributed by atoms with Crippen LogP contribution < -0.4 is 17.2 Å². The van der Waals surface area contributed by atoms with Gasteiger partial charge in [-0.15, -0.1) is 0 Å². The molecule has 3 heterocycles. The molecule has 12 nitrogen and oxygen atoms in total. The van der Waals surface area contributed by atoms with Gasteiger partial charge in [0.2, 0.25) is 0 Å². The van der Waals surface area contributed by atoms with E-state index >= 15 is 0 Å². The zero-order chi connectivity index (χ0) is 42.3. The number of rotatable bonds is 3. The Morgan fingerprint density at radius 1 is 0.383 bits per heavy atom. The molecule has 306 valence electrons. The van der Waals surface area contributed by atoms with Crippen LogP contribution in [0.2, 0.25) is 0 Å². The molecule has 0 saturated heterocycles. The molecule has 3 aliphatic carbocycles. The van der Waals surface area contributed by atoms with Gasteiger partial charge in [-0.05, 0) is 128 Å². The third-order valence-corrected chi connectivity index (χ3v) is 12.6. The maximum Gasteiger partial charge on any atom is 0.107 e. The van der Waals surface area contributed by atoms with Gasteiger partial charge in [0, 0.05) is 55.3 Å². The highest BCUT2D eigenvalue weighted by Crippen LogP contribution is 2.40. The van der Waals surface area contributed by atoms with Crippen LogP contribution in [-0.4, -0.2) is 48.0 Å². The molecule has 3 saturated carbocycles. The first-order chi connectivity index (χ1) is 29.1. The van der Waals surface area contributed by atoms with Crippen molar-refractivity contribution in [3.05, 3.63) is 107 Å². The van der Waals surface area contributed by atoms with Crippen LogP contribution in [0.25, 0.3) is 33.1 Å². The van der Waals surface area contributed by atoms with Gasteiger partial charge in [-0.25, -0.2) is 0 Å². The van der Waals surface area contributed by atoms with E-state index in [1.807, 2.05) is 36.4 Å². The first-order valence-electron chi connectivity index (χ1n) is 21.2. The normalized spacial score (nSPS) is 26.4. The van der Waals surface area contributed by atoms with Crippen molar-refractivity contribution < 1.29 is 0 Å². The lowest BCUT2D eigenvalue weighted by atomic mass is 9.76. The smallest absolute Gasteiger partial charge is 0.107 e. The van der Waals surface area contributed by atoms with Crippen molar-refractivity contribution in [1.82, 2.24) is 29.9 Å². The Kier molecular flexibility index (Phi) is 13.3. The van der Waals surface area contributed by atoms with Crippen LogP contribution in [0.1, 0.15) is 130 Å². The van der Waals surface area contributed by atoms with Crippen molar-refractivity contribution >= 4 is 33.1 Å². The maximum atomic E-state index is 9.18. The minimum absolute atomic E-state index is 0.256. The second-order valence-corrected chi connectivity index (χ2v) is 17.5. The molecule has 0 spiro atoms. The van der Waals surface area contributed by atoms with Crippen LogP contribution in [0.15, 0.2) is 73.6 Å². The molecule has 3 aliphatic rings. The molecule has 0 radical (unpaired) electrons. The molecule has 3 fully saturated rings. The Morgan fingerprint density at radius 2 is 0.633 bits per heavy atom. The molecule has 6 aromatic rings. The lowest BCUT2D eigenvalue weighted by molar-refractivity contribution is 0.309. The third-order valence-electron chi connectivity index (χ3n) is 12.6. The Labute approximate surface area is 352 Å². The predicted octanol–water partition coefficient (Wildman–Crippen LogP) is 8.20. The number of nitriles is 3. The molecule has 6 N–H and O–H groups in total. The first kappa shape index (κ1) is 42.2. The standard InChI is InChI=1S/3C16H18N4/c3*1-10-6-12(8-13(18)7-10)14-3-2-11(9-17)15-16(14)20-5-4-19-15/h3*2-5,10,12-13H,6-8,18H2,1H3/t10-,12?,13-;2*10-,12+,13-/m011/s1. The molecular weight excluding hydrogens is 745 g/mol. The number of fused-ring (bicyclic) bond motifs is 3. The van der Waals surface area contributed by atoms with Crippen molar-refractivity contribution in [2.24, 2.45) is 35.0 Å². The zero-order valence-electron chi connectivity index (χ0n) is 34.7. The number of benzene rings is 3. The average Bonchev–Trinajstić information content (AvgIpc) is 3.24. The number of nitrogens with two attached hydrogens (primary N) is 3. The molecule has 0 amide bonds. The van der Waals surface area contributed by atoms with Crippen LogP contribution in [0.5, 0.6) is 0 Å². The minimum Gasteiger partial charge on any atom is -0.328 e. The minimum atomic E-state index is 0.256. The summed E-state index contributed by atoms with van der Waals surface area (Å²) in [6, 6.07) is 19.0. The van der Waals surface area contributed by atoms with Gasteiger partial charge >= 0.3 is 0 Å². The summed E-state index contributed by atoms with van der Waals surface area (Å²) < 4.78 is 0. The second kappa shape index (κ2) is 19.0. The van der Waals surface area contributed by atoms with Gasteiger partial charge in [0.1, 0.15) is 34.8 Å². The number of hydrogen-bond acceptors (Lipinski definition) is 12. The van der Waals surface area contributed by atoms with Crippen molar-refractivity contribution in [1.29, 1.82) is 15.8 Å². The molecule has 3 aromatic carbocycles. The lowest BCUT2D eigenvalue weighted by Gasteiger charge is -2.31. The van der Waals surface area contributed by atoms with Crippen LogP contribution in [-0.2, 0) is 0 Å². The number of aromatic nitrogens is 6. The molecule has 1 unspecified atom stereocenters. The van der Waals surface area contributed by atoms with E-state index in [0.717, 1.165) is 74.3 Å². The summed E-state index contributed by atoms with van der Waals surface area (Å²) in [5.41, 5.74) is 28.5. The molecular formula is C48H54N12. The Balaban J connectivity index is 0.000000136. The largest absolute Gasteiger partial charge is 0.328 e. The summed E-state index contributed by atoms with van der Waals surface area (Å²) in [4.78, 5) is 26.4. The lowest BCUT2D eigenvalue weighted by Crippen LogP contribution is -2.31. The van der Waals surface area contributed by atoms with E-state index in [-0.39, 0.29) is 18.1 Å². The van der Waals surface area contributed by atoms with E-state index in [9.17, 15) is 15.8 Å². The second-order valence-electron chi connectivity index (χ2n) is 17.5. The highest BCUT2D eigenvalue weighted by Gasteiger charge is 2.30. The van der Waals surface area contributed by atoms with E-state index in [2.05, 4.69) is 68.9 Å². The van der Waals surface area contributed by atoms with Crippen LogP contribution in [0.4, 0.5) is 0 Å². The Bertz CT molecular complexity index is 2270. The van der Waals surface area contributed by atoms with E-state index in [4.69, 9.17) is 17.2 Å². The van der Waals surface area contributed by atoms with Crippen molar-refractivity contribution in [3.63, 3.8) is 0 Å². The summed E-state index contributed by atoms with van der Waals surface area (Å²) in [6.07, 6.45) is 19.6. The van der Waals surface area contributed by atoms with Crippen LogP contribution >= 0.6 is 0 Å². The highest BCUT2D eigenvalue weighted by molar-refractivity contribution is 5.85. The topological polar surface area (TPSA) is 227 Å². The van der Waals surface area contributed by atoms with E-state index in [1.54, 1.807) is 37.2 Å². The molecule has 9 rings (SSSR count). The number of nitrogens with zero attached hydrogens (tertiary/aromatic N) is 9. The first-order valence-corrected chi connectivity index (χ1v) is 21.2. The third kappa shape index (κ3) is 9.40. The molecule has 0 bridgehead atoms. The highest BCUT2D eigenvalue weighted by atomic mass is 14.8. The van der Waals surface area contributed by atoms with Gasteiger partial charge in [-0.1, -0.05) is 39.0 Å². The summed E-state index contributed by atoms with van der Waals surface area (Å²) in [5, 5.41) is 27.5. The molecule has 3 aromatic heterocycles. The summed E-state index contributed by atoms with van der Waals surface area (Å²) >= 11 is 0. The van der Waals surface area contributed by atoms with E-state index < -0.39 is 0 Å². The van der Waals surface area contributed by atoms with Crippen LogP contribution in [0, 0.1) is 51.7 Å². The summed E-state index contributed by atoms with van der Waals surface area (Å²) in [5.74, 6) is 3.14. The van der Waals surface area contributed by atoms with Crippen molar-refractivity contribution in [2.45, 2.75) is 114 Å². The van der Waals surface area contributed by atoms with Gasteiger partial charge in [-0.3, -0.25) is 29.9 Å². The van der Waals surface area contributed by atoms with Crippen LogP contribution in [0.3, 0.4) is 0 Å². The van der Waals surface area contributed by atoms with E-state index in [0.29, 0.717) is 68.7 Å². The number of hydrogen-bond donors (Lipinski definition) is 3. The van der Waals surface area contributed by atoms with Gasteiger partial charge in [-0.2, -0.15) is 15.8 Å². The van der Waals surface area contributed by atoms with Gasteiger partial charge in [0.05, 0.1) is 33.2 Å². The van der Waals surface area contributed by atoms with Crippen molar-refractivity contribution in [3.8, 4) is 18.2 Å². The maximum absolute atomic E-state index is 9.18. The van der Waals surface area contributed by atoms with Crippen molar-refractivity contribution in [2.75, 3.05) is 0 Å². The fourth-order valence-electron chi connectivity index (χ4n) is 10.2. The Morgan fingerprint density at radius 3 is 0.867 bits per heavy atom. The monoisotopic (exact) mass is 798 g/mol. The fourth-order valence-corrected chi connectivity index (χ4v) is 10.2. The molecule has 9 atom stereocenters. The van der Waals surface area contributed by atoms with Gasteiger partial charge in [0.15, 0.2) is 0 Å². The van der Waals surface area contributed by atoms with Gasteiger partial charge < -0.3 is 17.2 Å². The van der Waals surface area contributed by atoms with E-state index in [1.165, 1.54) is 16.7 Å². The molecule has 12 heteroatoms. The predicted molar refractivity (Wildman–Crippen MR) is 234 cm³/mol. The Hall–Kier alpha value is -5.97. The molecule has 60 heavy (non-hydrogen) atoms. The summed E-state index contributed by atoms with van der Waals surface area (Å²) in [7, 11) is 0.